The summed E-state index contributed by atoms with van der Waals surface area (Å²) in [6.07, 6.45) is 2.54. The maximum absolute atomic E-state index is 12.9. The van der Waals surface area contributed by atoms with Crippen molar-refractivity contribution in [2.24, 2.45) is 0 Å². The molecule has 0 atom stereocenters. The molecule has 26 heavy (non-hydrogen) atoms. The summed E-state index contributed by atoms with van der Waals surface area (Å²) in [5.74, 6) is -0.262. The highest BCUT2D eigenvalue weighted by atomic mass is 16.2. The second-order valence-corrected chi connectivity index (χ2v) is 6.38. The predicted octanol–water partition coefficient (Wildman–Crippen LogP) is 3.18. The van der Waals surface area contributed by atoms with Gasteiger partial charge in [0, 0.05) is 30.7 Å². The Morgan fingerprint density at radius 1 is 1.08 bits per heavy atom. The standard InChI is InChI=1S/C21H19N3O2/c1-15(25)24(19-10-4-7-17-8-5-12-22-21(17)19)14-20(26)23-13-11-16-6-2-3-9-18(16)23/h2-10,12H,11,13-14H2,1H3. The molecule has 0 unspecified atom stereocenters. The molecule has 2 heterocycles. The van der Waals surface area contributed by atoms with Crippen LogP contribution >= 0.6 is 0 Å². The molecule has 1 aliphatic rings. The van der Waals surface area contributed by atoms with E-state index >= 15 is 0 Å². The minimum Gasteiger partial charge on any atom is -0.310 e. The average Bonchev–Trinajstić information content (AvgIpc) is 3.09. The fourth-order valence-corrected chi connectivity index (χ4v) is 3.49. The van der Waals surface area contributed by atoms with Crippen LogP contribution in [0.2, 0.25) is 0 Å². The zero-order chi connectivity index (χ0) is 18.1. The number of anilines is 2. The molecule has 0 fully saturated rings. The zero-order valence-electron chi connectivity index (χ0n) is 14.6. The Hall–Kier alpha value is -3.21. The summed E-state index contributed by atoms with van der Waals surface area (Å²) in [6.45, 7) is 2.13. The van der Waals surface area contributed by atoms with E-state index in [9.17, 15) is 9.59 Å². The Labute approximate surface area is 151 Å². The molecular formula is C21H19N3O2. The smallest absolute Gasteiger partial charge is 0.247 e. The van der Waals surface area contributed by atoms with Gasteiger partial charge in [-0.1, -0.05) is 36.4 Å². The molecule has 0 spiro atoms. The van der Waals surface area contributed by atoms with Crippen LogP contribution in [0.3, 0.4) is 0 Å². The molecule has 2 aromatic carbocycles. The first-order valence-electron chi connectivity index (χ1n) is 8.65. The van der Waals surface area contributed by atoms with Crippen LogP contribution in [0.25, 0.3) is 10.9 Å². The summed E-state index contributed by atoms with van der Waals surface area (Å²) in [5.41, 5.74) is 3.50. The lowest BCUT2D eigenvalue weighted by Crippen LogP contribution is -2.42. The first-order valence-corrected chi connectivity index (χ1v) is 8.65. The molecule has 1 aliphatic heterocycles. The molecule has 130 valence electrons. The summed E-state index contributed by atoms with van der Waals surface area (Å²) in [6, 6.07) is 17.4. The van der Waals surface area contributed by atoms with Crippen molar-refractivity contribution in [2.75, 3.05) is 22.9 Å². The molecule has 5 nitrogen and oxygen atoms in total. The van der Waals surface area contributed by atoms with E-state index in [0.717, 1.165) is 23.0 Å². The number of hydrogen-bond donors (Lipinski definition) is 0. The Morgan fingerprint density at radius 2 is 1.88 bits per heavy atom. The Bertz CT molecular complexity index is 994. The minimum atomic E-state index is -0.177. The maximum atomic E-state index is 12.9. The summed E-state index contributed by atoms with van der Waals surface area (Å²) >= 11 is 0. The topological polar surface area (TPSA) is 53.5 Å². The third-order valence-electron chi connectivity index (χ3n) is 4.76. The molecular weight excluding hydrogens is 326 g/mol. The van der Waals surface area contributed by atoms with E-state index in [4.69, 9.17) is 0 Å². The predicted molar refractivity (Wildman–Crippen MR) is 102 cm³/mol. The van der Waals surface area contributed by atoms with E-state index in [1.54, 1.807) is 11.1 Å². The summed E-state index contributed by atoms with van der Waals surface area (Å²) in [5, 5.41) is 0.940. The number of carbonyl (C=O) groups excluding carboxylic acids is 2. The second-order valence-electron chi connectivity index (χ2n) is 6.38. The number of pyridine rings is 1. The van der Waals surface area contributed by atoms with Crippen LogP contribution in [0, 0.1) is 0 Å². The van der Waals surface area contributed by atoms with Crippen molar-refractivity contribution in [3.05, 3.63) is 66.4 Å². The molecule has 2 amide bonds. The van der Waals surface area contributed by atoms with Gasteiger partial charge in [0.05, 0.1) is 11.2 Å². The van der Waals surface area contributed by atoms with Crippen molar-refractivity contribution in [1.29, 1.82) is 0 Å². The van der Waals surface area contributed by atoms with E-state index in [2.05, 4.69) is 4.98 Å². The maximum Gasteiger partial charge on any atom is 0.247 e. The molecule has 1 aromatic heterocycles. The molecule has 4 rings (SSSR count). The number of amides is 2. The van der Waals surface area contributed by atoms with E-state index in [1.165, 1.54) is 17.4 Å². The van der Waals surface area contributed by atoms with Crippen molar-refractivity contribution in [3.8, 4) is 0 Å². The van der Waals surface area contributed by atoms with Gasteiger partial charge in [-0.15, -0.1) is 0 Å². The fourth-order valence-electron chi connectivity index (χ4n) is 3.49. The van der Waals surface area contributed by atoms with Crippen LogP contribution < -0.4 is 9.80 Å². The van der Waals surface area contributed by atoms with Gasteiger partial charge in [-0.2, -0.15) is 0 Å². The van der Waals surface area contributed by atoms with E-state index < -0.39 is 0 Å². The van der Waals surface area contributed by atoms with Crippen LogP contribution in [0.4, 0.5) is 11.4 Å². The minimum absolute atomic E-state index is 0.000640. The molecule has 5 heteroatoms. The number of carbonyl (C=O) groups is 2. The van der Waals surface area contributed by atoms with Gasteiger partial charge in [0.1, 0.15) is 6.54 Å². The van der Waals surface area contributed by atoms with Crippen LogP contribution in [0.1, 0.15) is 12.5 Å². The fraction of sp³-hybridized carbons (Fsp3) is 0.190. The Balaban J connectivity index is 1.66. The number of aromatic nitrogens is 1. The summed E-state index contributed by atoms with van der Waals surface area (Å²) in [7, 11) is 0. The average molecular weight is 345 g/mol. The number of hydrogen-bond acceptors (Lipinski definition) is 3. The zero-order valence-corrected chi connectivity index (χ0v) is 14.6. The lowest BCUT2D eigenvalue weighted by molar-refractivity contribution is -0.121. The van der Waals surface area contributed by atoms with E-state index in [0.29, 0.717) is 12.2 Å². The summed E-state index contributed by atoms with van der Waals surface area (Å²) < 4.78 is 0. The first-order chi connectivity index (χ1) is 12.6. The van der Waals surface area contributed by atoms with Crippen LogP contribution in [0.5, 0.6) is 0 Å². The quantitative estimate of drug-likeness (QED) is 0.733. The van der Waals surface area contributed by atoms with Crippen molar-refractivity contribution in [2.45, 2.75) is 13.3 Å². The van der Waals surface area contributed by atoms with Gasteiger partial charge in [-0.3, -0.25) is 14.6 Å². The van der Waals surface area contributed by atoms with Gasteiger partial charge in [-0.25, -0.2) is 0 Å². The highest BCUT2D eigenvalue weighted by Crippen LogP contribution is 2.29. The molecule has 0 N–H and O–H groups in total. The van der Waals surface area contributed by atoms with Crippen LogP contribution in [0.15, 0.2) is 60.8 Å². The highest BCUT2D eigenvalue weighted by molar-refractivity contribution is 6.07. The van der Waals surface area contributed by atoms with Crippen LogP contribution in [-0.4, -0.2) is 29.9 Å². The van der Waals surface area contributed by atoms with Crippen molar-refractivity contribution in [3.63, 3.8) is 0 Å². The Morgan fingerprint density at radius 3 is 2.73 bits per heavy atom. The number of fused-ring (bicyclic) bond motifs is 2. The number of para-hydroxylation sites is 2. The largest absolute Gasteiger partial charge is 0.310 e. The molecule has 3 aromatic rings. The van der Waals surface area contributed by atoms with E-state index in [-0.39, 0.29) is 18.4 Å². The van der Waals surface area contributed by atoms with Gasteiger partial charge in [0.2, 0.25) is 11.8 Å². The van der Waals surface area contributed by atoms with E-state index in [1.807, 2.05) is 54.6 Å². The molecule has 0 aliphatic carbocycles. The normalized spacial score (nSPS) is 12.9. The van der Waals surface area contributed by atoms with Gasteiger partial charge < -0.3 is 9.80 Å². The Kier molecular flexibility index (Phi) is 4.13. The van der Waals surface area contributed by atoms with Crippen LogP contribution in [-0.2, 0) is 16.0 Å². The molecule has 0 bridgehead atoms. The highest BCUT2D eigenvalue weighted by Gasteiger charge is 2.27. The third-order valence-corrected chi connectivity index (χ3v) is 4.76. The summed E-state index contributed by atoms with van der Waals surface area (Å²) in [4.78, 5) is 32.9. The number of benzene rings is 2. The van der Waals surface area contributed by atoms with Crippen molar-refractivity contribution >= 4 is 34.1 Å². The molecule has 0 saturated carbocycles. The molecule has 0 radical (unpaired) electrons. The lowest BCUT2D eigenvalue weighted by Gasteiger charge is -2.25. The lowest BCUT2D eigenvalue weighted by atomic mass is 10.1. The van der Waals surface area contributed by atoms with Gasteiger partial charge >= 0.3 is 0 Å². The second kappa shape index (κ2) is 6.59. The first kappa shape index (κ1) is 16.3. The van der Waals surface area contributed by atoms with Gasteiger partial charge in [0.25, 0.3) is 0 Å². The van der Waals surface area contributed by atoms with Crippen molar-refractivity contribution < 1.29 is 9.59 Å². The number of nitrogens with zero attached hydrogens (tertiary/aromatic N) is 3. The SMILES string of the molecule is CC(=O)N(CC(=O)N1CCc2ccccc21)c1cccc2cccnc12. The van der Waals surface area contributed by atoms with Gasteiger partial charge in [0.15, 0.2) is 0 Å². The van der Waals surface area contributed by atoms with Gasteiger partial charge in [-0.05, 0) is 30.2 Å². The monoisotopic (exact) mass is 345 g/mol. The van der Waals surface area contributed by atoms with Crippen molar-refractivity contribution in [1.82, 2.24) is 4.98 Å². The number of rotatable bonds is 3. The molecule has 0 saturated heterocycles. The third kappa shape index (κ3) is 2.81.